The molecule has 0 fully saturated rings. The smallest absolute Gasteiger partial charge is 0.150 e. The van der Waals surface area contributed by atoms with Crippen LogP contribution in [0.15, 0.2) is 54.9 Å². The second-order valence-electron chi connectivity index (χ2n) is 6.87. The summed E-state index contributed by atoms with van der Waals surface area (Å²) < 4.78 is 8.01. The summed E-state index contributed by atoms with van der Waals surface area (Å²) in [5, 5.41) is 3.68. The fraction of sp³-hybridized carbons (Fsp3) is 0.182. The zero-order valence-corrected chi connectivity index (χ0v) is 15.9. The Morgan fingerprint density at radius 2 is 1.93 bits per heavy atom. The van der Waals surface area contributed by atoms with Crippen LogP contribution in [-0.4, -0.2) is 15.8 Å². The first-order valence-electron chi connectivity index (χ1n) is 8.82. The van der Waals surface area contributed by atoms with E-state index in [4.69, 9.17) is 16.3 Å². The van der Waals surface area contributed by atoms with Crippen LogP contribution in [0.4, 0.5) is 0 Å². The molecule has 2 aromatic heterocycles. The maximum atomic E-state index is 10.9. The summed E-state index contributed by atoms with van der Waals surface area (Å²) in [6.45, 7) is 4.61. The zero-order valence-electron chi connectivity index (χ0n) is 15.1. The van der Waals surface area contributed by atoms with Crippen molar-refractivity contribution in [3.05, 3.63) is 71.0 Å². The Balaban J connectivity index is 1.57. The molecule has 0 radical (unpaired) electrons. The van der Waals surface area contributed by atoms with E-state index in [1.54, 1.807) is 6.07 Å². The number of hydrogen-bond donors (Lipinski definition) is 0. The molecule has 4 nitrogen and oxygen atoms in total. The van der Waals surface area contributed by atoms with Crippen molar-refractivity contribution >= 4 is 39.7 Å². The summed E-state index contributed by atoms with van der Waals surface area (Å²) >= 11 is 6.37. The second kappa shape index (κ2) is 7.05. The third-order valence-electron chi connectivity index (χ3n) is 4.61. The molecular weight excluding hydrogens is 360 g/mol. The minimum absolute atomic E-state index is 0.298. The Hall–Kier alpha value is -2.85. The molecule has 0 amide bonds. The van der Waals surface area contributed by atoms with E-state index < -0.39 is 0 Å². The average molecular weight is 379 g/mol. The lowest BCUT2D eigenvalue weighted by Crippen LogP contribution is -2.01. The van der Waals surface area contributed by atoms with E-state index in [2.05, 4.69) is 23.4 Å². The summed E-state index contributed by atoms with van der Waals surface area (Å²) in [5.74, 6) is 0.771. The van der Waals surface area contributed by atoms with Gasteiger partial charge in [-0.15, -0.1) is 0 Å². The number of hydrogen-bond acceptors (Lipinski definition) is 3. The van der Waals surface area contributed by atoms with Gasteiger partial charge in [-0.25, -0.2) is 4.98 Å². The summed E-state index contributed by atoms with van der Waals surface area (Å²) in [4.78, 5) is 15.5. The van der Waals surface area contributed by atoms with Gasteiger partial charge < -0.3 is 9.30 Å². The Morgan fingerprint density at radius 1 is 1.15 bits per heavy atom. The van der Waals surface area contributed by atoms with Gasteiger partial charge in [0.2, 0.25) is 0 Å². The number of halogens is 1. The minimum atomic E-state index is 0.298. The molecule has 4 rings (SSSR count). The molecule has 0 aliphatic heterocycles. The van der Waals surface area contributed by atoms with Crippen molar-refractivity contribution in [2.24, 2.45) is 0 Å². The van der Waals surface area contributed by atoms with Gasteiger partial charge in [0, 0.05) is 34.9 Å². The van der Waals surface area contributed by atoms with E-state index in [-0.39, 0.29) is 0 Å². The number of fused-ring (bicyclic) bond motifs is 2. The summed E-state index contributed by atoms with van der Waals surface area (Å²) in [5.41, 5.74) is 2.51. The number of ether oxygens (including phenoxy) is 1. The molecule has 0 saturated carbocycles. The predicted octanol–water partition coefficient (Wildman–Crippen LogP) is 5.82. The molecule has 4 aromatic rings. The second-order valence-corrected chi connectivity index (χ2v) is 7.27. The Bertz CT molecular complexity index is 1150. The van der Waals surface area contributed by atoms with E-state index in [9.17, 15) is 4.79 Å². The fourth-order valence-corrected chi connectivity index (χ4v) is 3.42. The topological polar surface area (TPSA) is 44.1 Å². The van der Waals surface area contributed by atoms with Crippen molar-refractivity contribution in [1.29, 1.82) is 0 Å². The summed E-state index contributed by atoms with van der Waals surface area (Å²) in [6.07, 6.45) is 4.60. The fourth-order valence-electron chi connectivity index (χ4n) is 3.18. The standard InChI is InChI=1S/C22H19ClN2O2/c1-14(2)25-11-21(23)20-8-16(10-24-22(20)25)13-27-19-6-5-17-7-15(12-26)3-4-18(17)9-19/h3-12,14H,13H2,1-2H3. The number of rotatable bonds is 5. The highest BCUT2D eigenvalue weighted by Gasteiger charge is 2.11. The van der Waals surface area contributed by atoms with E-state index in [1.165, 1.54) is 0 Å². The number of pyridine rings is 1. The Kier molecular flexibility index (Phi) is 4.58. The van der Waals surface area contributed by atoms with Crippen molar-refractivity contribution < 1.29 is 9.53 Å². The number of carbonyl (C=O) groups excluding carboxylic acids is 1. The van der Waals surface area contributed by atoms with E-state index >= 15 is 0 Å². The first-order chi connectivity index (χ1) is 13.0. The normalized spacial score (nSPS) is 11.4. The van der Waals surface area contributed by atoms with Crippen LogP contribution in [0.25, 0.3) is 21.8 Å². The Labute approximate surface area is 162 Å². The molecule has 0 aliphatic carbocycles. The van der Waals surface area contributed by atoms with Gasteiger partial charge in [0.25, 0.3) is 0 Å². The maximum absolute atomic E-state index is 10.9. The average Bonchev–Trinajstić information content (AvgIpc) is 3.02. The lowest BCUT2D eigenvalue weighted by Gasteiger charge is -2.10. The SMILES string of the molecule is CC(C)n1cc(Cl)c2cc(COc3ccc4cc(C=O)ccc4c3)cnc21. The largest absolute Gasteiger partial charge is 0.489 e. The molecule has 0 atom stereocenters. The lowest BCUT2D eigenvalue weighted by molar-refractivity contribution is 0.112. The molecule has 27 heavy (non-hydrogen) atoms. The van der Waals surface area contributed by atoms with Gasteiger partial charge in [-0.1, -0.05) is 29.8 Å². The molecule has 0 aliphatic rings. The molecule has 0 saturated heterocycles. The lowest BCUT2D eigenvalue weighted by atomic mass is 10.1. The molecular formula is C22H19ClN2O2. The summed E-state index contributed by atoms with van der Waals surface area (Å²) in [7, 11) is 0. The molecule has 2 heterocycles. The van der Waals surface area contributed by atoms with E-state index in [1.807, 2.05) is 48.8 Å². The molecule has 0 unspecified atom stereocenters. The van der Waals surface area contributed by atoms with Crippen LogP contribution in [0.1, 0.15) is 35.8 Å². The van der Waals surface area contributed by atoms with Crippen molar-refractivity contribution in [2.45, 2.75) is 26.5 Å². The monoisotopic (exact) mass is 378 g/mol. The van der Waals surface area contributed by atoms with Crippen molar-refractivity contribution in [1.82, 2.24) is 9.55 Å². The molecule has 0 spiro atoms. The molecule has 5 heteroatoms. The molecule has 0 N–H and O–H groups in total. The highest BCUT2D eigenvalue weighted by atomic mass is 35.5. The molecule has 0 bridgehead atoms. The molecule has 136 valence electrons. The quantitative estimate of drug-likeness (QED) is 0.411. The zero-order chi connectivity index (χ0) is 19.0. The number of benzene rings is 2. The van der Waals surface area contributed by atoms with Gasteiger partial charge in [-0.2, -0.15) is 0 Å². The highest BCUT2D eigenvalue weighted by molar-refractivity contribution is 6.35. The number of carbonyl (C=O) groups is 1. The van der Waals surface area contributed by atoms with Crippen molar-refractivity contribution in [3.63, 3.8) is 0 Å². The van der Waals surface area contributed by atoms with Gasteiger partial charge in [0.05, 0.1) is 5.02 Å². The van der Waals surface area contributed by atoms with Gasteiger partial charge in [-0.05, 0) is 48.9 Å². The van der Waals surface area contributed by atoms with Crippen LogP contribution >= 0.6 is 11.6 Å². The number of aldehydes is 1. The summed E-state index contributed by atoms with van der Waals surface area (Å²) in [6, 6.07) is 13.8. The first-order valence-corrected chi connectivity index (χ1v) is 9.19. The van der Waals surface area contributed by atoms with Gasteiger partial charge in [-0.3, -0.25) is 4.79 Å². The highest BCUT2D eigenvalue weighted by Crippen LogP contribution is 2.28. The van der Waals surface area contributed by atoms with Gasteiger partial charge in [0.15, 0.2) is 0 Å². The third-order valence-corrected chi connectivity index (χ3v) is 4.91. The van der Waals surface area contributed by atoms with Crippen LogP contribution in [0, 0.1) is 0 Å². The van der Waals surface area contributed by atoms with Crippen molar-refractivity contribution in [2.75, 3.05) is 0 Å². The predicted molar refractivity (Wildman–Crippen MR) is 109 cm³/mol. The minimum Gasteiger partial charge on any atom is -0.489 e. The maximum Gasteiger partial charge on any atom is 0.150 e. The van der Waals surface area contributed by atoms with E-state index in [0.717, 1.165) is 39.4 Å². The van der Waals surface area contributed by atoms with Crippen LogP contribution < -0.4 is 4.74 Å². The van der Waals surface area contributed by atoms with Crippen molar-refractivity contribution in [3.8, 4) is 5.75 Å². The van der Waals surface area contributed by atoms with E-state index in [0.29, 0.717) is 23.2 Å². The third kappa shape index (κ3) is 3.40. The van der Waals surface area contributed by atoms with Crippen LogP contribution in [0.5, 0.6) is 5.75 Å². The first kappa shape index (κ1) is 17.6. The van der Waals surface area contributed by atoms with Crippen LogP contribution in [-0.2, 0) is 6.61 Å². The van der Waals surface area contributed by atoms with Gasteiger partial charge >= 0.3 is 0 Å². The number of aromatic nitrogens is 2. The van der Waals surface area contributed by atoms with Crippen LogP contribution in [0.2, 0.25) is 5.02 Å². The molecule has 2 aromatic carbocycles. The Morgan fingerprint density at radius 3 is 2.70 bits per heavy atom. The number of nitrogens with zero attached hydrogens (tertiary/aromatic N) is 2. The van der Waals surface area contributed by atoms with Gasteiger partial charge in [0.1, 0.15) is 24.3 Å². The van der Waals surface area contributed by atoms with Crippen LogP contribution in [0.3, 0.4) is 0 Å².